The summed E-state index contributed by atoms with van der Waals surface area (Å²) in [6, 6.07) is 9.76. The number of rotatable bonds is 7. The third-order valence-corrected chi connectivity index (χ3v) is 4.63. The van der Waals surface area contributed by atoms with Gasteiger partial charge in [0.05, 0.1) is 32.1 Å². The molecule has 0 atom stereocenters. The van der Waals surface area contributed by atoms with E-state index in [2.05, 4.69) is 10.1 Å². The van der Waals surface area contributed by atoms with E-state index < -0.39 is 23.8 Å². The zero-order valence-electron chi connectivity index (χ0n) is 17.8. The number of nitrogens with zero attached hydrogens (tertiary/aromatic N) is 1. The largest absolute Gasteiger partial charge is 0.497 e. The van der Waals surface area contributed by atoms with Crippen molar-refractivity contribution in [1.82, 2.24) is 5.32 Å². The van der Waals surface area contributed by atoms with Crippen LogP contribution in [0.15, 0.2) is 48.0 Å². The maximum Gasteiger partial charge on any atom is 0.337 e. The van der Waals surface area contributed by atoms with Gasteiger partial charge in [0.2, 0.25) is 0 Å². The van der Waals surface area contributed by atoms with Gasteiger partial charge in [-0.25, -0.2) is 14.5 Å². The maximum atomic E-state index is 13.1. The van der Waals surface area contributed by atoms with E-state index in [9.17, 15) is 19.2 Å². The number of carbonyl (C=O) groups is 4. The lowest BCUT2D eigenvalue weighted by Crippen LogP contribution is -2.54. The lowest BCUT2D eigenvalue weighted by atomic mass is 10.1. The van der Waals surface area contributed by atoms with Gasteiger partial charge in [0.15, 0.2) is 0 Å². The lowest BCUT2D eigenvalue weighted by Gasteiger charge is -2.26. The SMILES string of the molecule is CCCOc1cc(OC)ccc1/C=C1\C(=O)NC(=O)N(c2ccc(C(=O)OC)cc2)C1=O. The smallest absolute Gasteiger partial charge is 0.337 e. The molecular formula is C23H22N2O7. The molecule has 1 saturated heterocycles. The molecule has 9 nitrogen and oxygen atoms in total. The summed E-state index contributed by atoms with van der Waals surface area (Å²) in [5.74, 6) is -1.19. The molecule has 0 saturated carbocycles. The highest BCUT2D eigenvalue weighted by atomic mass is 16.5. The lowest BCUT2D eigenvalue weighted by molar-refractivity contribution is -0.122. The van der Waals surface area contributed by atoms with Crippen LogP contribution in [0, 0.1) is 0 Å². The van der Waals surface area contributed by atoms with Crippen molar-refractivity contribution < 1.29 is 33.4 Å². The first-order chi connectivity index (χ1) is 15.4. The van der Waals surface area contributed by atoms with Crippen LogP contribution in [-0.2, 0) is 14.3 Å². The molecule has 1 aliphatic heterocycles. The number of hydrogen-bond acceptors (Lipinski definition) is 7. The van der Waals surface area contributed by atoms with Gasteiger partial charge in [0.25, 0.3) is 11.8 Å². The molecule has 0 bridgehead atoms. The minimum absolute atomic E-state index is 0.191. The summed E-state index contributed by atoms with van der Waals surface area (Å²) in [5.41, 5.74) is 0.681. The summed E-state index contributed by atoms with van der Waals surface area (Å²) in [5, 5.41) is 2.16. The number of amides is 4. The summed E-state index contributed by atoms with van der Waals surface area (Å²) in [6.07, 6.45) is 2.13. The van der Waals surface area contributed by atoms with Crippen molar-refractivity contribution in [3.05, 3.63) is 59.2 Å². The number of imide groups is 2. The van der Waals surface area contributed by atoms with E-state index in [4.69, 9.17) is 9.47 Å². The number of esters is 1. The molecule has 0 spiro atoms. The molecule has 1 N–H and O–H groups in total. The van der Waals surface area contributed by atoms with Gasteiger partial charge < -0.3 is 14.2 Å². The van der Waals surface area contributed by atoms with Crippen LogP contribution < -0.4 is 19.7 Å². The molecule has 0 aromatic heterocycles. The highest BCUT2D eigenvalue weighted by molar-refractivity contribution is 6.39. The monoisotopic (exact) mass is 438 g/mol. The number of carbonyl (C=O) groups excluding carboxylic acids is 4. The molecular weight excluding hydrogens is 416 g/mol. The molecule has 4 amide bonds. The highest BCUT2D eigenvalue weighted by Crippen LogP contribution is 2.29. The Kier molecular flexibility index (Phi) is 6.89. The van der Waals surface area contributed by atoms with Crippen molar-refractivity contribution in [2.75, 3.05) is 25.7 Å². The number of methoxy groups -OCH3 is 2. The van der Waals surface area contributed by atoms with E-state index in [1.807, 2.05) is 6.92 Å². The third-order valence-electron chi connectivity index (χ3n) is 4.63. The van der Waals surface area contributed by atoms with Crippen LogP contribution in [0.1, 0.15) is 29.3 Å². The predicted molar refractivity (Wildman–Crippen MR) is 116 cm³/mol. The Hall–Kier alpha value is -4.14. The number of hydrogen-bond donors (Lipinski definition) is 1. The third kappa shape index (κ3) is 4.61. The van der Waals surface area contributed by atoms with Crippen molar-refractivity contribution in [3.8, 4) is 11.5 Å². The Morgan fingerprint density at radius 3 is 2.41 bits per heavy atom. The Labute approximate surface area is 184 Å². The van der Waals surface area contributed by atoms with Crippen molar-refractivity contribution >= 4 is 35.6 Å². The second kappa shape index (κ2) is 9.78. The molecule has 0 unspecified atom stereocenters. The summed E-state index contributed by atoms with van der Waals surface area (Å²) in [4.78, 5) is 50.4. The normalized spacial score (nSPS) is 14.9. The van der Waals surface area contributed by atoms with Crippen LogP contribution in [0.5, 0.6) is 11.5 Å². The van der Waals surface area contributed by atoms with Crippen LogP contribution >= 0.6 is 0 Å². The standard InChI is InChI=1S/C23H22N2O7/c1-4-11-32-19-13-17(30-2)10-7-15(19)12-18-20(26)24-23(29)25(21(18)27)16-8-5-14(6-9-16)22(28)31-3/h5-10,12-13H,4,11H2,1-3H3,(H,24,26,29)/b18-12+. The predicted octanol–water partition coefficient (Wildman–Crippen LogP) is 2.94. The first kappa shape index (κ1) is 22.5. The van der Waals surface area contributed by atoms with Crippen LogP contribution in [0.2, 0.25) is 0 Å². The summed E-state index contributed by atoms with van der Waals surface area (Å²) in [6.45, 7) is 2.38. The first-order valence-electron chi connectivity index (χ1n) is 9.80. The molecule has 1 aliphatic rings. The topological polar surface area (TPSA) is 111 Å². The Bertz CT molecular complexity index is 1090. The van der Waals surface area contributed by atoms with Crippen LogP contribution in [0.25, 0.3) is 6.08 Å². The van der Waals surface area contributed by atoms with Gasteiger partial charge in [-0.1, -0.05) is 6.92 Å². The molecule has 2 aromatic carbocycles. The molecule has 0 radical (unpaired) electrons. The maximum absolute atomic E-state index is 13.1. The van der Waals surface area contributed by atoms with Gasteiger partial charge in [-0.15, -0.1) is 0 Å². The number of ether oxygens (including phenoxy) is 3. The molecule has 0 aliphatic carbocycles. The number of anilines is 1. The van der Waals surface area contributed by atoms with Gasteiger partial charge in [-0.2, -0.15) is 0 Å². The van der Waals surface area contributed by atoms with E-state index in [0.717, 1.165) is 11.3 Å². The fourth-order valence-corrected chi connectivity index (χ4v) is 3.01. The molecule has 3 rings (SSSR count). The minimum atomic E-state index is -0.889. The van der Waals surface area contributed by atoms with Crippen LogP contribution in [0.4, 0.5) is 10.5 Å². The van der Waals surface area contributed by atoms with Gasteiger partial charge in [0, 0.05) is 11.6 Å². The van der Waals surface area contributed by atoms with E-state index in [1.54, 1.807) is 18.2 Å². The van der Waals surface area contributed by atoms with Crippen molar-refractivity contribution in [2.45, 2.75) is 13.3 Å². The van der Waals surface area contributed by atoms with E-state index in [1.165, 1.54) is 44.6 Å². The van der Waals surface area contributed by atoms with Crippen LogP contribution in [0.3, 0.4) is 0 Å². The summed E-state index contributed by atoms with van der Waals surface area (Å²) in [7, 11) is 2.77. The first-order valence-corrected chi connectivity index (χ1v) is 9.80. The highest BCUT2D eigenvalue weighted by Gasteiger charge is 2.37. The van der Waals surface area contributed by atoms with E-state index in [-0.39, 0.29) is 16.8 Å². The molecule has 9 heteroatoms. The number of barbiturate groups is 1. The van der Waals surface area contributed by atoms with E-state index in [0.29, 0.717) is 23.7 Å². The van der Waals surface area contributed by atoms with Gasteiger partial charge >= 0.3 is 12.0 Å². The summed E-state index contributed by atoms with van der Waals surface area (Å²) < 4.78 is 15.6. The second-order valence-electron chi connectivity index (χ2n) is 6.75. The number of nitrogens with one attached hydrogen (secondary N) is 1. The second-order valence-corrected chi connectivity index (χ2v) is 6.75. The fourth-order valence-electron chi connectivity index (χ4n) is 3.01. The van der Waals surface area contributed by atoms with Gasteiger partial charge in [0.1, 0.15) is 17.1 Å². The Morgan fingerprint density at radius 2 is 1.78 bits per heavy atom. The number of benzene rings is 2. The number of urea groups is 1. The molecule has 166 valence electrons. The molecule has 1 heterocycles. The van der Waals surface area contributed by atoms with E-state index >= 15 is 0 Å². The Morgan fingerprint density at radius 1 is 1.06 bits per heavy atom. The van der Waals surface area contributed by atoms with Gasteiger partial charge in [-0.3, -0.25) is 14.9 Å². The van der Waals surface area contributed by atoms with Crippen molar-refractivity contribution in [2.24, 2.45) is 0 Å². The minimum Gasteiger partial charge on any atom is -0.497 e. The quantitative estimate of drug-likeness (QED) is 0.402. The average Bonchev–Trinajstić information content (AvgIpc) is 2.80. The molecule has 2 aromatic rings. The summed E-state index contributed by atoms with van der Waals surface area (Å²) >= 11 is 0. The van der Waals surface area contributed by atoms with Crippen molar-refractivity contribution in [3.63, 3.8) is 0 Å². The molecule has 1 fully saturated rings. The zero-order valence-corrected chi connectivity index (χ0v) is 17.8. The van der Waals surface area contributed by atoms with Crippen molar-refractivity contribution in [1.29, 1.82) is 0 Å². The zero-order chi connectivity index (χ0) is 23.3. The Balaban J connectivity index is 1.98. The van der Waals surface area contributed by atoms with Crippen LogP contribution in [-0.4, -0.2) is 44.6 Å². The van der Waals surface area contributed by atoms with Gasteiger partial charge in [-0.05, 0) is 48.9 Å². The average molecular weight is 438 g/mol. The fraction of sp³-hybridized carbons (Fsp3) is 0.217. The molecule has 32 heavy (non-hydrogen) atoms.